The molecule has 1 aliphatic heterocycles. The molecular weight excluding hydrogens is 342 g/mol. The third-order valence-corrected chi connectivity index (χ3v) is 5.53. The summed E-state index contributed by atoms with van der Waals surface area (Å²) in [7, 11) is 0. The molecule has 0 radical (unpaired) electrons. The van der Waals surface area contributed by atoms with Gasteiger partial charge in [-0.3, -0.25) is 4.79 Å². The lowest BCUT2D eigenvalue weighted by atomic mass is 10.1. The van der Waals surface area contributed by atoms with E-state index in [1.54, 1.807) is 28.7 Å². The molecule has 7 heteroatoms. The fraction of sp³-hybridized carbons (Fsp3) is 0.235. The van der Waals surface area contributed by atoms with Crippen molar-refractivity contribution in [3.05, 3.63) is 51.1 Å². The lowest BCUT2D eigenvalue weighted by molar-refractivity contribution is -0.124. The minimum atomic E-state index is 0.0347. The maximum absolute atomic E-state index is 12.3. The summed E-state index contributed by atoms with van der Waals surface area (Å²) >= 11 is 3.21. The molecule has 0 spiro atoms. The van der Waals surface area contributed by atoms with Crippen molar-refractivity contribution in [2.45, 2.75) is 12.3 Å². The normalized spacial score (nSPS) is 17.8. The van der Waals surface area contributed by atoms with Crippen molar-refractivity contribution >= 4 is 34.7 Å². The van der Waals surface area contributed by atoms with Crippen molar-refractivity contribution in [1.29, 1.82) is 0 Å². The molecule has 1 fully saturated rings. The van der Waals surface area contributed by atoms with E-state index >= 15 is 0 Å². The molecule has 0 unspecified atom stereocenters. The lowest BCUT2D eigenvalue weighted by Crippen LogP contribution is -2.26. The predicted octanol–water partition coefficient (Wildman–Crippen LogP) is 3.89. The van der Waals surface area contributed by atoms with E-state index in [0.29, 0.717) is 18.3 Å². The summed E-state index contributed by atoms with van der Waals surface area (Å²) in [5.74, 6) is 1.41. The van der Waals surface area contributed by atoms with Crippen LogP contribution in [0.4, 0.5) is 0 Å². The van der Waals surface area contributed by atoms with Crippen LogP contribution in [0.1, 0.15) is 23.0 Å². The minimum Gasteiger partial charge on any atom is -0.338 e. The average Bonchev–Trinajstić information content (AvgIpc) is 3.40. The minimum absolute atomic E-state index is 0.0347. The largest absolute Gasteiger partial charge is 0.338 e. The van der Waals surface area contributed by atoms with Crippen molar-refractivity contribution < 1.29 is 9.32 Å². The summed E-state index contributed by atoms with van der Waals surface area (Å²) in [6.07, 6.45) is 4.37. The van der Waals surface area contributed by atoms with Crippen LogP contribution < -0.4 is 0 Å². The number of nitrogens with zero attached hydrogens (tertiary/aromatic N) is 3. The van der Waals surface area contributed by atoms with E-state index in [9.17, 15) is 4.79 Å². The van der Waals surface area contributed by atoms with Crippen molar-refractivity contribution in [1.82, 2.24) is 15.0 Å². The van der Waals surface area contributed by atoms with Gasteiger partial charge in [-0.1, -0.05) is 11.2 Å². The number of hydrogen-bond acceptors (Lipinski definition) is 6. The van der Waals surface area contributed by atoms with Gasteiger partial charge < -0.3 is 9.42 Å². The summed E-state index contributed by atoms with van der Waals surface area (Å²) < 4.78 is 5.34. The quantitative estimate of drug-likeness (QED) is 0.665. The molecular formula is C17H15N3O2S2. The molecule has 1 amide bonds. The summed E-state index contributed by atoms with van der Waals surface area (Å²) in [6.45, 7) is 1.36. The van der Waals surface area contributed by atoms with Gasteiger partial charge in [-0.05, 0) is 35.4 Å². The Labute approximate surface area is 147 Å². The molecule has 4 heterocycles. The van der Waals surface area contributed by atoms with Crippen molar-refractivity contribution in [2.24, 2.45) is 0 Å². The highest BCUT2D eigenvalue weighted by molar-refractivity contribution is 7.10. The van der Waals surface area contributed by atoms with E-state index in [4.69, 9.17) is 4.52 Å². The Kier molecular flexibility index (Phi) is 4.27. The number of carbonyl (C=O) groups is 1. The van der Waals surface area contributed by atoms with Crippen LogP contribution in [0, 0.1) is 0 Å². The van der Waals surface area contributed by atoms with Gasteiger partial charge in [-0.15, -0.1) is 11.3 Å². The van der Waals surface area contributed by atoms with Crippen molar-refractivity contribution in [3.63, 3.8) is 0 Å². The SMILES string of the molecule is O=C(/C=C\c1cccs1)N1CC[C@@H](c2noc(-c3ccsc3)n2)C1. The van der Waals surface area contributed by atoms with Gasteiger partial charge in [-0.2, -0.15) is 16.3 Å². The average molecular weight is 357 g/mol. The second-order valence-corrected chi connectivity index (χ2v) is 7.35. The number of thiophene rings is 2. The van der Waals surface area contributed by atoms with E-state index in [0.717, 1.165) is 23.4 Å². The lowest BCUT2D eigenvalue weighted by Gasteiger charge is -2.12. The Morgan fingerprint density at radius 2 is 2.33 bits per heavy atom. The van der Waals surface area contributed by atoms with Gasteiger partial charge in [0.15, 0.2) is 5.82 Å². The molecule has 0 aromatic carbocycles. The van der Waals surface area contributed by atoms with Crippen LogP contribution in [0.25, 0.3) is 17.5 Å². The first kappa shape index (κ1) is 15.3. The first-order valence-electron chi connectivity index (χ1n) is 7.66. The number of hydrogen-bond donors (Lipinski definition) is 0. The first-order chi connectivity index (χ1) is 11.8. The molecule has 0 saturated carbocycles. The maximum Gasteiger partial charge on any atom is 0.258 e. The van der Waals surface area contributed by atoms with Gasteiger partial charge >= 0.3 is 0 Å². The van der Waals surface area contributed by atoms with E-state index in [1.165, 1.54) is 0 Å². The monoisotopic (exact) mass is 357 g/mol. The van der Waals surface area contributed by atoms with Gasteiger partial charge in [0.2, 0.25) is 5.91 Å². The van der Waals surface area contributed by atoms with Crippen LogP contribution in [0.3, 0.4) is 0 Å². The van der Waals surface area contributed by atoms with Crippen molar-refractivity contribution in [3.8, 4) is 11.5 Å². The fourth-order valence-corrected chi connectivity index (χ4v) is 3.97. The van der Waals surface area contributed by atoms with Crippen LogP contribution in [-0.4, -0.2) is 34.0 Å². The number of likely N-dealkylation sites (tertiary alicyclic amines) is 1. The Bertz CT molecular complexity index is 837. The third kappa shape index (κ3) is 3.18. The highest BCUT2D eigenvalue weighted by Crippen LogP contribution is 2.28. The molecule has 24 heavy (non-hydrogen) atoms. The molecule has 3 aromatic rings. The zero-order chi connectivity index (χ0) is 16.4. The van der Waals surface area contributed by atoms with Crippen LogP contribution >= 0.6 is 22.7 Å². The number of amides is 1. The Morgan fingerprint density at radius 3 is 3.12 bits per heavy atom. The molecule has 1 aliphatic rings. The van der Waals surface area contributed by atoms with Crippen LogP contribution in [-0.2, 0) is 4.79 Å². The standard InChI is InChI=1S/C17H15N3O2S2/c21-15(4-3-14-2-1-8-24-14)20-7-5-12(10-20)16-18-17(22-19-16)13-6-9-23-11-13/h1-4,6,8-9,11-12H,5,7,10H2/b4-3-/t12-/m1/s1. The second kappa shape index (κ2) is 6.70. The van der Waals surface area contributed by atoms with Crippen LogP contribution in [0.15, 0.2) is 44.9 Å². The smallest absolute Gasteiger partial charge is 0.258 e. The van der Waals surface area contributed by atoms with E-state index in [2.05, 4.69) is 10.1 Å². The van der Waals surface area contributed by atoms with E-state index < -0.39 is 0 Å². The van der Waals surface area contributed by atoms with Gasteiger partial charge in [-0.25, -0.2) is 0 Å². The van der Waals surface area contributed by atoms with Crippen molar-refractivity contribution in [2.75, 3.05) is 13.1 Å². The zero-order valence-corrected chi connectivity index (χ0v) is 14.4. The second-order valence-electron chi connectivity index (χ2n) is 5.59. The summed E-state index contributed by atoms with van der Waals surface area (Å²) in [5, 5.41) is 10.1. The topological polar surface area (TPSA) is 59.2 Å². The van der Waals surface area contributed by atoms with Crippen LogP contribution in [0.2, 0.25) is 0 Å². The highest BCUT2D eigenvalue weighted by Gasteiger charge is 2.29. The van der Waals surface area contributed by atoms with Gasteiger partial charge in [0.05, 0.1) is 5.56 Å². The number of aromatic nitrogens is 2. The molecule has 1 saturated heterocycles. The molecule has 1 atom stereocenters. The fourth-order valence-electron chi connectivity index (χ4n) is 2.72. The molecule has 122 valence electrons. The van der Waals surface area contributed by atoms with Crippen LogP contribution in [0.5, 0.6) is 0 Å². The highest BCUT2D eigenvalue weighted by atomic mass is 32.1. The number of rotatable bonds is 4. The Hall–Kier alpha value is -2.25. The Morgan fingerprint density at radius 1 is 1.38 bits per heavy atom. The molecule has 0 aliphatic carbocycles. The van der Waals surface area contributed by atoms with E-state index in [-0.39, 0.29) is 11.8 Å². The Balaban J connectivity index is 1.40. The number of carbonyl (C=O) groups excluding carboxylic acids is 1. The summed E-state index contributed by atoms with van der Waals surface area (Å²) in [4.78, 5) is 19.7. The molecule has 5 nitrogen and oxygen atoms in total. The molecule has 0 bridgehead atoms. The first-order valence-corrected chi connectivity index (χ1v) is 9.48. The maximum atomic E-state index is 12.3. The van der Waals surface area contributed by atoms with Gasteiger partial charge in [0, 0.05) is 35.3 Å². The van der Waals surface area contributed by atoms with Gasteiger partial charge in [0.25, 0.3) is 5.89 Å². The van der Waals surface area contributed by atoms with Gasteiger partial charge in [0.1, 0.15) is 0 Å². The van der Waals surface area contributed by atoms with E-state index in [1.807, 2.05) is 45.3 Å². The molecule has 0 N–H and O–H groups in total. The summed E-state index contributed by atoms with van der Waals surface area (Å²) in [5.41, 5.74) is 0.948. The predicted molar refractivity (Wildman–Crippen MR) is 94.9 cm³/mol. The molecule has 4 rings (SSSR count). The summed E-state index contributed by atoms with van der Waals surface area (Å²) in [6, 6.07) is 5.93. The zero-order valence-electron chi connectivity index (χ0n) is 12.8. The molecule has 3 aromatic heterocycles. The third-order valence-electron chi connectivity index (χ3n) is 4.01.